The number of carbonyl (C=O) groups is 3. The fourth-order valence-electron chi connectivity index (χ4n) is 4.10. The summed E-state index contributed by atoms with van der Waals surface area (Å²) in [7, 11) is 3.09. The minimum atomic E-state index is -0.663. The average Bonchev–Trinajstić information content (AvgIpc) is 2.97. The Bertz CT molecular complexity index is 1390. The molecule has 1 aromatic heterocycles. The summed E-state index contributed by atoms with van der Waals surface area (Å²) in [5.74, 6) is 0.633. The molecule has 3 aromatic rings. The third kappa shape index (κ3) is 10.2. The monoisotopic (exact) mass is 591 g/mol. The van der Waals surface area contributed by atoms with Crippen molar-refractivity contribution in [3.8, 4) is 11.5 Å². The fraction of sp³-hybridized carbons (Fsp3) is 0.375. The highest BCUT2D eigenvalue weighted by molar-refractivity contribution is 6.05. The van der Waals surface area contributed by atoms with Crippen LogP contribution in [0.2, 0.25) is 0 Å². The summed E-state index contributed by atoms with van der Waals surface area (Å²) in [6, 6.07) is 15.1. The SMILES string of the molecule is CCCCCN(Cc1ccc(C(=O)Nc2ccccc2NC(=O)OC(C)(C)C)nc1)C(=O)Nc1ccc(OC)c(OC)c1. The molecule has 230 valence electrons. The first kappa shape index (κ1) is 32.7. The number of amides is 4. The van der Waals surface area contributed by atoms with E-state index in [0.717, 1.165) is 24.8 Å². The van der Waals surface area contributed by atoms with E-state index in [9.17, 15) is 14.4 Å². The molecule has 0 saturated heterocycles. The van der Waals surface area contributed by atoms with E-state index >= 15 is 0 Å². The number of nitrogens with one attached hydrogen (secondary N) is 3. The standard InChI is InChI=1S/C32H41N5O6/c1-7-8-11-18-37(30(39)34-23-15-17-27(41-5)28(19-23)42-6)21-22-14-16-26(33-20-22)29(38)35-24-12-9-10-13-25(24)36-31(40)43-32(2,3)4/h9-10,12-17,19-20H,7-8,11,18,21H2,1-6H3,(H,34,39)(H,35,38)(H,36,40). The normalized spacial score (nSPS) is 10.8. The van der Waals surface area contributed by atoms with Gasteiger partial charge in [-0.2, -0.15) is 0 Å². The quantitative estimate of drug-likeness (QED) is 0.195. The number of para-hydroxylation sites is 2. The molecule has 0 aliphatic carbocycles. The van der Waals surface area contributed by atoms with Crippen molar-refractivity contribution in [2.45, 2.75) is 59.1 Å². The summed E-state index contributed by atoms with van der Waals surface area (Å²) < 4.78 is 15.9. The molecule has 0 spiro atoms. The highest BCUT2D eigenvalue weighted by Gasteiger charge is 2.19. The first-order chi connectivity index (χ1) is 20.5. The van der Waals surface area contributed by atoms with Crippen LogP contribution in [0.1, 0.15) is 63.0 Å². The summed E-state index contributed by atoms with van der Waals surface area (Å²) in [6.07, 6.45) is 3.81. The van der Waals surface area contributed by atoms with Gasteiger partial charge in [0, 0.05) is 31.0 Å². The van der Waals surface area contributed by atoms with Crippen LogP contribution < -0.4 is 25.4 Å². The number of anilines is 3. The van der Waals surface area contributed by atoms with Crippen LogP contribution in [0.15, 0.2) is 60.8 Å². The van der Waals surface area contributed by atoms with Gasteiger partial charge in [0.25, 0.3) is 5.91 Å². The number of unbranched alkanes of at least 4 members (excludes halogenated alkanes) is 2. The molecule has 0 unspecified atom stereocenters. The second-order valence-electron chi connectivity index (χ2n) is 10.8. The Morgan fingerprint density at radius 1 is 0.860 bits per heavy atom. The summed E-state index contributed by atoms with van der Waals surface area (Å²) in [4.78, 5) is 44.5. The third-order valence-electron chi connectivity index (χ3n) is 6.20. The molecule has 0 radical (unpaired) electrons. The maximum absolute atomic E-state index is 13.2. The minimum absolute atomic E-state index is 0.183. The molecule has 1 heterocycles. The highest BCUT2D eigenvalue weighted by Crippen LogP contribution is 2.30. The lowest BCUT2D eigenvalue weighted by Crippen LogP contribution is -2.35. The largest absolute Gasteiger partial charge is 0.493 e. The number of urea groups is 1. The van der Waals surface area contributed by atoms with Gasteiger partial charge in [-0.1, -0.05) is 38.0 Å². The molecule has 0 aliphatic heterocycles. The van der Waals surface area contributed by atoms with Crippen molar-refractivity contribution in [3.05, 3.63) is 72.1 Å². The van der Waals surface area contributed by atoms with Crippen LogP contribution in [0.25, 0.3) is 0 Å². The van der Waals surface area contributed by atoms with Crippen molar-refractivity contribution < 1.29 is 28.6 Å². The van der Waals surface area contributed by atoms with Gasteiger partial charge in [0.2, 0.25) is 0 Å². The number of hydrogen-bond acceptors (Lipinski definition) is 7. The maximum Gasteiger partial charge on any atom is 0.412 e. The number of nitrogens with zero attached hydrogens (tertiary/aromatic N) is 2. The predicted molar refractivity (Wildman–Crippen MR) is 167 cm³/mol. The van der Waals surface area contributed by atoms with E-state index in [4.69, 9.17) is 14.2 Å². The molecule has 11 heteroatoms. The molecule has 0 bridgehead atoms. The van der Waals surface area contributed by atoms with Gasteiger partial charge in [0.1, 0.15) is 11.3 Å². The van der Waals surface area contributed by atoms with Gasteiger partial charge in [-0.3, -0.25) is 15.1 Å². The van der Waals surface area contributed by atoms with Crippen molar-refractivity contribution in [1.29, 1.82) is 0 Å². The molecule has 0 atom stereocenters. The Hall–Kier alpha value is -4.80. The zero-order valence-corrected chi connectivity index (χ0v) is 25.7. The summed E-state index contributed by atoms with van der Waals surface area (Å²) in [5.41, 5.74) is 1.66. The molecule has 2 aromatic carbocycles. The molecule has 4 amide bonds. The van der Waals surface area contributed by atoms with E-state index in [1.807, 2.05) is 0 Å². The first-order valence-corrected chi connectivity index (χ1v) is 14.2. The van der Waals surface area contributed by atoms with E-state index < -0.39 is 17.6 Å². The van der Waals surface area contributed by atoms with Crippen molar-refractivity contribution in [3.63, 3.8) is 0 Å². The van der Waals surface area contributed by atoms with Crippen molar-refractivity contribution >= 4 is 35.1 Å². The molecule has 11 nitrogen and oxygen atoms in total. The second kappa shape index (κ2) is 15.4. The Labute approximate surface area is 252 Å². The number of hydrogen-bond donors (Lipinski definition) is 3. The van der Waals surface area contributed by atoms with Gasteiger partial charge in [-0.15, -0.1) is 0 Å². The highest BCUT2D eigenvalue weighted by atomic mass is 16.6. The van der Waals surface area contributed by atoms with Gasteiger partial charge < -0.3 is 29.7 Å². The van der Waals surface area contributed by atoms with Gasteiger partial charge >= 0.3 is 12.1 Å². The molecule has 0 fully saturated rings. The second-order valence-corrected chi connectivity index (χ2v) is 10.8. The topological polar surface area (TPSA) is 131 Å². The summed E-state index contributed by atoms with van der Waals surface area (Å²) >= 11 is 0. The number of benzene rings is 2. The molecular formula is C32H41N5O6. The predicted octanol–water partition coefficient (Wildman–Crippen LogP) is 6.92. The smallest absolute Gasteiger partial charge is 0.412 e. The van der Waals surface area contributed by atoms with E-state index in [1.165, 1.54) is 7.11 Å². The molecule has 0 aliphatic rings. The maximum atomic E-state index is 13.2. The number of carbonyl (C=O) groups excluding carboxylic acids is 3. The van der Waals surface area contributed by atoms with Gasteiger partial charge in [0.05, 0.1) is 25.6 Å². The molecule has 3 rings (SSSR count). The van der Waals surface area contributed by atoms with Crippen LogP contribution in [0.5, 0.6) is 11.5 Å². The Morgan fingerprint density at radius 2 is 1.56 bits per heavy atom. The van der Waals surface area contributed by atoms with Crippen LogP contribution in [-0.4, -0.2) is 54.3 Å². The lowest BCUT2D eigenvalue weighted by molar-refractivity contribution is 0.0635. The van der Waals surface area contributed by atoms with Crippen molar-refractivity contribution in [2.75, 3.05) is 36.7 Å². The number of rotatable bonds is 12. The van der Waals surface area contributed by atoms with E-state index in [1.54, 1.807) is 93.6 Å². The van der Waals surface area contributed by atoms with E-state index in [2.05, 4.69) is 27.9 Å². The Kier molecular flexibility index (Phi) is 11.7. The van der Waals surface area contributed by atoms with Gasteiger partial charge in [0.15, 0.2) is 11.5 Å². The summed E-state index contributed by atoms with van der Waals surface area (Å²) in [6.45, 7) is 8.27. The van der Waals surface area contributed by atoms with E-state index in [-0.39, 0.29) is 11.7 Å². The van der Waals surface area contributed by atoms with Gasteiger partial charge in [-0.05, 0) is 63.1 Å². The fourth-order valence-corrected chi connectivity index (χ4v) is 4.10. The average molecular weight is 592 g/mol. The lowest BCUT2D eigenvalue weighted by atomic mass is 10.2. The van der Waals surface area contributed by atoms with Crippen LogP contribution in [-0.2, 0) is 11.3 Å². The zero-order chi connectivity index (χ0) is 31.4. The minimum Gasteiger partial charge on any atom is -0.493 e. The number of pyridine rings is 1. The zero-order valence-electron chi connectivity index (χ0n) is 25.7. The van der Waals surface area contributed by atoms with Crippen LogP contribution >= 0.6 is 0 Å². The van der Waals surface area contributed by atoms with Crippen molar-refractivity contribution in [1.82, 2.24) is 9.88 Å². The molecular weight excluding hydrogens is 550 g/mol. The van der Waals surface area contributed by atoms with Crippen LogP contribution in [0.4, 0.5) is 26.7 Å². The first-order valence-electron chi connectivity index (χ1n) is 14.2. The van der Waals surface area contributed by atoms with Crippen molar-refractivity contribution in [2.24, 2.45) is 0 Å². The number of ether oxygens (including phenoxy) is 3. The van der Waals surface area contributed by atoms with Crippen LogP contribution in [0.3, 0.4) is 0 Å². The molecule has 43 heavy (non-hydrogen) atoms. The molecule has 0 saturated carbocycles. The lowest BCUT2D eigenvalue weighted by Gasteiger charge is -2.23. The summed E-state index contributed by atoms with van der Waals surface area (Å²) in [5, 5.41) is 8.38. The molecule has 3 N–H and O–H groups in total. The van der Waals surface area contributed by atoms with Crippen LogP contribution in [0, 0.1) is 0 Å². The van der Waals surface area contributed by atoms with E-state index in [0.29, 0.717) is 41.7 Å². The third-order valence-corrected chi connectivity index (χ3v) is 6.20. The number of aromatic nitrogens is 1. The Morgan fingerprint density at radius 3 is 2.16 bits per heavy atom. The van der Waals surface area contributed by atoms with Gasteiger partial charge in [-0.25, -0.2) is 9.59 Å². The number of methoxy groups -OCH3 is 2. The Balaban J connectivity index is 1.68.